The number of hydrogen-bond acceptors (Lipinski definition) is 7. The van der Waals surface area contributed by atoms with Gasteiger partial charge in [0, 0.05) is 38.8 Å². The van der Waals surface area contributed by atoms with Gasteiger partial charge in [-0.25, -0.2) is 4.79 Å². The third kappa shape index (κ3) is 2.99. The predicted octanol–water partition coefficient (Wildman–Crippen LogP) is -1.98. The number of hydrogen-bond donors (Lipinski definition) is 5. The number of rotatable bonds is 5. The molecule has 3 rings (SSSR count). The molecule has 1 aromatic rings. The minimum atomic E-state index is -1.61. The van der Waals surface area contributed by atoms with Crippen LogP contribution in [0, 0.1) is 0 Å². The second-order valence-corrected chi connectivity index (χ2v) is 6.43. The lowest BCUT2D eigenvalue weighted by molar-refractivity contribution is -0.143. The fraction of sp³-hybridized carbons (Fsp3) is 0.471. The quantitative estimate of drug-likeness (QED) is 0.383. The summed E-state index contributed by atoms with van der Waals surface area (Å²) in [5.74, 6) is -1.33. The van der Waals surface area contributed by atoms with Crippen molar-refractivity contribution in [3.8, 4) is 0 Å². The van der Waals surface area contributed by atoms with E-state index in [-0.39, 0.29) is 6.61 Å². The molecule has 2 saturated heterocycles. The highest BCUT2D eigenvalue weighted by molar-refractivity contribution is 6.23. The van der Waals surface area contributed by atoms with Crippen LogP contribution in [0.3, 0.4) is 0 Å². The highest BCUT2D eigenvalue weighted by Gasteiger charge is 2.58. The first-order chi connectivity index (χ1) is 12.5. The predicted molar refractivity (Wildman–Crippen MR) is 93.0 cm³/mol. The molecule has 0 aromatic heterocycles. The zero-order valence-corrected chi connectivity index (χ0v) is 14.3. The maximum absolute atomic E-state index is 13.0. The van der Waals surface area contributed by atoms with Crippen molar-refractivity contribution in [2.75, 3.05) is 32.8 Å². The number of aliphatic hydroxyl groups is 1. The van der Waals surface area contributed by atoms with Crippen molar-refractivity contribution in [1.29, 1.82) is 0 Å². The van der Waals surface area contributed by atoms with Gasteiger partial charge in [-0.05, 0) is 11.1 Å². The van der Waals surface area contributed by atoms with Crippen LogP contribution in [0.4, 0.5) is 4.79 Å². The summed E-state index contributed by atoms with van der Waals surface area (Å²) in [5.41, 5.74) is 5.38. The molecular weight excluding hydrogens is 338 g/mol. The fourth-order valence-electron chi connectivity index (χ4n) is 3.77. The van der Waals surface area contributed by atoms with E-state index in [1.807, 2.05) is 4.90 Å². The van der Waals surface area contributed by atoms with E-state index in [0.29, 0.717) is 38.3 Å². The number of nitrogens with one attached hydrogen (secondary N) is 3. The Bertz CT molecular complexity index is 684. The molecule has 9 nitrogen and oxygen atoms in total. The third-order valence-electron chi connectivity index (χ3n) is 5.06. The van der Waals surface area contributed by atoms with Crippen molar-refractivity contribution < 1.29 is 19.5 Å². The molecule has 140 valence electrons. The van der Waals surface area contributed by atoms with Gasteiger partial charge in [0.25, 0.3) is 0 Å². The minimum absolute atomic E-state index is 0.0964. The van der Waals surface area contributed by atoms with Crippen molar-refractivity contribution in [3.05, 3.63) is 35.4 Å². The smallest absolute Gasteiger partial charge is 0.328 e. The lowest BCUT2D eigenvalue weighted by Gasteiger charge is -2.47. The molecule has 1 aromatic carbocycles. The second kappa shape index (κ2) is 7.50. The van der Waals surface area contributed by atoms with Crippen molar-refractivity contribution in [2.45, 2.75) is 18.0 Å². The summed E-state index contributed by atoms with van der Waals surface area (Å²) < 4.78 is 0. The number of carbonyl (C=O) groups excluding carboxylic acids is 3. The first-order valence-corrected chi connectivity index (χ1v) is 8.56. The van der Waals surface area contributed by atoms with Crippen LogP contribution in [0.2, 0.25) is 0 Å². The molecule has 6 N–H and O–H groups in total. The average molecular weight is 361 g/mol. The van der Waals surface area contributed by atoms with Gasteiger partial charge in [-0.15, -0.1) is 0 Å². The van der Waals surface area contributed by atoms with Crippen LogP contribution in [0.25, 0.3) is 0 Å². The van der Waals surface area contributed by atoms with Crippen LogP contribution in [0.1, 0.15) is 11.1 Å². The first kappa shape index (κ1) is 18.5. The number of piperazine rings is 1. The molecule has 0 saturated carbocycles. The maximum Gasteiger partial charge on any atom is 0.328 e. The van der Waals surface area contributed by atoms with Crippen molar-refractivity contribution in [1.82, 2.24) is 20.9 Å². The Morgan fingerprint density at radius 2 is 1.81 bits per heavy atom. The monoisotopic (exact) mass is 361 g/mol. The second-order valence-electron chi connectivity index (χ2n) is 6.43. The summed E-state index contributed by atoms with van der Waals surface area (Å²) in [6.07, 6.45) is 0. The van der Waals surface area contributed by atoms with Crippen LogP contribution in [-0.2, 0) is 21.5 Å². The van der Waals surface area contributed by atoms with Gasteiger partial charge < -0.3 is 16.2 Å². The average Bonchev–Trinajstić information content (AvgIpc) is 2.63. The van der Waals surface area contributed by atoms with Gasteiger partial charge in [-0.3, -0.25) is 25.1 Å². The molecule has 0 spiro atoms. The Labute approximate surface area is 150 Å². The lowest BCUT2D eigenvalue weighted by atomic mass is 9.70. The number of urea groups is 1. The van der Waals surface area contributed by atoms with Crippen LogP contribution >= 0.6 is 0 Å². The van der Waals surface area contributed by atoms with Crippen molar-refractivity contribution in [2.24, 2.45) is 5.73 Å². The number of aliphatic hydroxyl groups excluding tert-OH is 1. The lowest BCUT2D eigenvalue weighted by Crippen LogP contribution is -2.74. The molecule has 2 heterocycles. The number of nitrogens with two attached hydrogens (primary N) is 1. The number of nitrogens with zero attached hydrogens (tertiary/aromatic N) is 1. The number of β-amino-alcohol motifs (C(OH)–C–C–N with tert-alkyl or cyclic N) is 1. The molecule has 2 aliphatic heterocycles. The van der Waals surface area contributed by atoms with Crippen LogP contribution in [-0.4, -0.2) is 66.7 Å². The van der Waals surface area contributed by atoms with Gasteiger partial charge in [-0.1, -0.05) is 24.3 Å². The summed E-state index contributed by atoms with van der Waals surface area (Å²) in [6, 6.07) is 5.54. The molecular formula is C17H23N5O4. The van der Waals surface area contributed by atoms with Gasteiger partial charge >= 0.3 is 6.03 Å². The van der Waals surface area contributed by atoms with Gasteiger partial charge in [0.1, 0.15) is 0 Å². The van der Waals surface area contributed by atoms with E-state index in [9.17, 15) is 19.5 Å². The molecule has 9 heteroatoms. The standard InChI is InChI=1S/C17H23N5O4/c18-9-11-1-3-12(4-2-11)17(14(24)20-16(26)21-15(17)25)13-10-19-5-6-22(13)7-8-23/h1-4,13,19,23H,5-10,18H2,(H2,20,21,24,25,26). The normalized spacial score (nSPS) is 23.5. The van der Waals surface area contributed by atoms with Crippen LogP contribution < -0.4 is 21.7 Å². The topological polar surface area (TPSA) is 137 Å². The summed E-state index contributed by atoms with van der Waals surface area (Å²) in [7, 11) is 0. The SMILES string of the molecule is NCc1ccc(C2(C3CNCCN3CCO)C(=O)NC(=O)NC2=O)cc1. The van der Waals surface area contributed by atoms with Gasteiger partial charge in [0.2, 0.25) is 11.8 Å². The summed E-state index contributed by atoms with van der Waals surface area (Å²) in [5, 5.41) is 17.1. The van der Waals surface area contributed by atoms with E-state index < -0.39 is 29.3 Å². The van der Waals surface area contributed by atoms with E-state index in [1.54, 1.807) is 24.3 Å². The van der Waals surface area contributed by atoms with Gasteiger partial charge in [0.05, 0.1) is 6.61 Å². The molecule has 1 unspecified atom stereocenters. The van der Waals surface area contributed by atoms with Crippen molar-refractivity contribution in [3.63, 3.8) is 0 Å². The Morgan fingerprint density at radius 1 is 1.15 bits per heavy atom. The van der Waals surface area contributed by atoms with Gasteiger partial charge in [0.15, 0.2) is 5.41 Å². The molecule has 1 atom stereocenters. The first-order valence-electron chi connectivity index (χ1n) is 8.56. The Hall–Kier alpha value is -2.33. The number of imide groups is 2. The van der Waals surface area contributed by atoms with E-state index in [2.05, 4.69) is 16.0 Å². The number of barbiturate groups is 1. The number of benzene rings is 1. The number of amides is 4. The summed E-state index contributed by atoms with van der Waals surface area (Å²) >= 11 is 0. The van der Waals surface area contributed by atoms with Crippen LogP contribution in [0.5, 0.6) is 0 Å². The van der Waals surface area contributed by atoms with E-state index in [0.717, 1.165) is 5.56 Å². The molecule has 0 bridgehead atoms. The summed E-state index contributed by atoms with van der Waals surface area (Å²) in [6.45, 7) is 2.19. The van der Waals surface area contributed by atoms with Gasteiger partial charge in [-0.2, -0.15) is 0 Å². The van der Waals surface area contributed by atoms with E-state index in [4.69, 9.17) is 5.73 Å². The van der Waals surface area contributed by atoms with Crippen LogP contribution in [0.15, 0.2) is 24.3 Å². The maximum atomic E-state index is 13.0. The fourth-order valence-corrected chi connectivity index (χ4v) is 3.77. The zero-order valence-electron chi connectivity index (χ0n) is 14.3. The Balaban J connectivity index is 2.13. The number of carbonyl (C=O) groups is 3. The van der Waals surface area contributed by atoms with E-state index in [1.165, 1.54) is 0 Å². The molecule has 4 amide bonds. The van der Waals surface area contributed by atoms with Crippen molar-refractivity contribution >= 4 is 17.8 Å². The summed E-state index contributed by atoms with van der Waals surface area (Å²) in [4.78, 5) is 39.6. The molecule has 2 aliphatic rings. The third-order valence-corrected chi connectivity index (χ3v) is 5.06. The Morgan fingerprint density at radius 3 is 2.38 bits per heavy atom. The van der Waals surface area contributed by atoms with E-state index >= 15 is 0 Å². The minimum Gasteiger partial charge on any atom is -0.395 e. The zero-order chi connectivity index (χ0) is 18.7. The highest BCUT2D eigenvalue weighted by Crippen LogP contribution is 2.34. The molecule has 2 fully saturated rings. The molecule has 26 heavy (non-hydrogen) atoms. The largest absolute Gasteiger partial charge is 0.395 e. The molecule has 0 radical (unpaired) electrons. The molecule has 0 aliphatic carbocycles. The highest BCUT2D eigenvalue weighted by atomic mass is 16.3. The Kier molecular flexibility index (Phi) is 5.33.